The average Bonchev–Trinajstić information content (AvgIpc) is 2.35. The molecular formula is C14H28O3Si. The Morgan fingerprint density at radius 1 is 0.778 bits per heavy atom. The molecular weight excluding hydrogens is 244 g/mol. The highest BCUT2D eigenvalue weighted by Gasteiger charge is 2.39. The molecule has 4 heteroatoms. The van der Waals surface area contributed by atoms with Crippen LogP contribution in [0.4, 0.5) is 0 Å². The Morgan fingerprint density at radius 2 is 1.33 bits per heavy atom. The summed E-state index contributed by atoms with van der Waals surface area (Å²) in [6, 6.07) is 0.899. The second kappa shape index (κ2) is 11.7. The standard InChI is InChI=1S/C14H28O3Si/c1-5-9-10-11-12-13-14-18(15-6-2,16-7-3)17-8-4/h5-8,11-14H2,1-4H3. The van der Waals surface area contributed by atoms with Crippen molar-refractivity contribution < 1.29 is 13.3 Å². The topological polar surface area (TPSA) is 27.7 Å². The molecule has 0 N–H and O–H groups in total. The highest BCUT2D eigenvalue weighted by atomic mass is 28.4. The summed E-state index contributed by atoms with van der Waals surface area (Å²) < 4.78 is 17.4. The molecule has 0 aliphatic carbocycles. The van der Waals surface area contributed by atoms with Gasteiger partial charge in [-0.05, 0) is 33.6 Å². The molecule has 0 aromatic rings. The van der Waals surface area contributed by atoms with Crippen LogP contribution in [0.15, 0.2) is 0 Å². The van der Waals surface area contributed by atoms with Gasteiger partial charge in [-0.1, -0.05) is 6.92 Å². The number of unbranched alkanes of at least 4 members (excludes halogenated alkanes) is 2. The first-order valence-corrected chi connectivity index (χ1v) is 9.05. The van der Waals surface area contributed by atoms with Gasteiger partial charge in [-0.3, -0.25) is 0 Å². The third kappa shape index (κ3) is 7.88. The van der Waals surface area contributed by atoms with Crippen LogP contribution in [-0.4, -0.2) is 28.6 Å². The summed E-state index contributed by atoms with van der Waals surface area (Å²) in [6.07, 6.45) is 4.05. The van der Waals surface area contributed by atoms with E-state index < -0.39 is 8.80 Å². The lowest BCUT2D eigenvalue weighted by Crippen LogP contribution is -2.45. The third-order valence-corrected chi connectivity index (χ3v) is 5.58. The predicted molar refractivity (Wildman–Crippen MR) is 77.4 cm³/mol. The third-order valence-electron chi connectivity index (χ3n) is 2.43. The maximum absolute atomic E-state index is 5.80. The Balaban J connectivity index is 4.12. The quantitative estimate of drug-likeness (QED) is 0.345. The van der Waals surface area contributed by atoms with Crippen LogP contribution in [0.25, 0.3) is 0 Å². The molecule has 3 nitrogen and oxygen atoms in total. The summed E-state index contributed by atoms with van der Waals surface area (Å²) in [5.74, 6) is 6.25. The Bertz CT molecular complexity index is 228. The summed E-state index contributed by atoms with van der Waals surface area (Å²) in [6.45, 7) is 10.0. The van der Waals surface area contributed by atoms with Crippen LogP contribution in [0.2, 0.25) is 6.04 Å². The van der Waals surface area contributed by atoms with Crippen LogP contribution < -0.4 is 0 Å². The van der Waals surface area contributed by atoms with Crippen molar-refractivity contribution in [2.75, 3.05) is 19.8 Å². The normalized spacial score (nSPS) is 11.1. The van der Waals surface area contributed by atoms with Crippen molar-refractivity contribution in [3.05, 3.63) is 0 Å². The van der Waals surface area contributed by atoms with Crippen LogP contribution in [0.3, 0.4) is 0 Å². The van der Waals surface area contributed by atoms with Gasteiger partial charge in [-0.2, -0.15) is 0 Å². The molecule has 0 spiro atoms. The van der Waals surface area contributed by atoms with Gasteiger partial charge in [0.1, 0.15) is 0 Å². The summed E-state index contributed by atoms with van der Waals surface area (Å²) in [5.41, 5.74) is 0. The molecule has 0 radical (unpaired) electrons. The second-order valence-electron chi connectivity index (χ2n) is 3.90. The van der Waals surface area contributed by atoms with Gasteiger partial charge in [0.25, 0.3) is 0 Å². The van der Waals surface area contributed by atoms with Gasteiger partial charge in [-0.15, -0.1) is 11.8 Å². The van der Waals surface area contributed by atoms with E-state index in [9.17, 15) is 0 Å². The SMILES string of the molecule is CCC#CCCCC[Si](OCC)(OCC)OCC. The van der Waals surface area contributed by atoms with E-state index in [-0.39, 0.29) is 0 Å². The Hall–Kier alpha value is -0.343. The first-order chi connectivity index (χ1) is 8.74. The molecule has 0 amide bonds. The van der Waals surface area contributed by atoms with Gasteiger partial charge >= 0.3 is 8.80 Å². The lowest BCUT2D eigenvalue weighted by Gasteiger charge is -2.28. The molecule has 18 heavy (non-hydrogen) atoms. The van der Waals surface area contributed by atoms with E-state index in [1.54, 1.807) is 0 Å². The molecule has 0 aliphatic heterocycles. The molecule has 0 aromatic carbocycles. The van der Waals surface area contributed by atoms with E-state index in [1.165, 1.54) is 0 Å². The van der Waals surface area contributed by atoms with E-state index >= 15 is 0 Å². The van der Waals surface area contributed by atoms with Gasteiger partial charge in [0, 0.05) is 38.7 Å². The zero-order valence-electron chi connectivity index (χ0n) is 12.4. The molecule has 0 atom stereocenters. The van der Waals surface area contributed by atoms with E-state index in [2.05, 4.69) is 18.8 Å². The van der Waals surface area contributed by atoms with E-state index in [1.807, 2.05) is 20.8 Å². The van der Waals surface area contributed by atoms with Crippen LogP contribution in [0, 0.1) is 11.8 Å². The number of hydrogen-bond donors (Lipinski definition) is 0. The maximum atomic E-state index is 5.80. The number of hydrogen-bond acceptors (Lipinski definition) is 3. The van der Waals surface area contributed by atoms with Crippen molar-refractivity contribution in [3.8, 4) is 11.8 Å². The lowest BCUT2D eigenvalue weighted by molar-refractivity contribution is 0.0707. The monoisotopic (exact) mass is 272 g/mol. The molecule has 0 saturated heterocycles. The number of rotatable bonds is 10. The average molecular weight is 272 g/mol. The van der Waals surface area contributed by atoms with Gasteiger partial charge in [0.15, 0.2) is 0 Å². The minimum atomic E-state index is -2.41. The van der Waals surface area contributed by atoms with Crippen molar-refractivity contribution in [2.45, 2.75) is 59.4 Å². The van der Waals surface area contributed by atoms with Crippen LogP contribution in [0.1, 0.15) is 53.4 Å². The van der Waals surface area contributed by atoms with Crippen LogP contribution in [0.5, 0.6) is 0 Å². The smallest absolute Gasteiger partial charge is 0.374 e. The maximum Gasteiger partial charge on any atom is 0.500 e. The summed E-state index contributed by atoms with van der Waals surface area (Å²) in [4.78, 5) is 0. The Kier molecular flexibility index (Phi) is 11.5. The summed E-state index contributed by atoms with van der Waals surface area (Å²) in [5, 5.41) is 0. The lowest BCUT2D eigenvalue weighted by atomic mass is 10.2. The van der Waals surface area contributed by atoms with Crippen LogP contribution in [-0.2, 0) is 13.3 Å². The van der Waals surface area contributed by atoms with Gasteiger partial charge < -0.3 is 13.3 Å². The van der Waals surface area contributed by atoms with Crippen molar-refractivity contribution in [1.82, 2.24) is 0 Å². The largest absolute Gasteiger partial charge is 0.500 e. The fourth-order valence-electron chi connectivity index (χ4n) is 1.77. The van der Waals surface area contributed by atoms with Crippen molar-refractivity contribution in [2.24, 2.45) is 0 Å². The minimum absolute atomic E-state index is 0.655. The summed E-state index contributed by atoms with van der Waals surface area (Å²) >= 11 is 0. The van der Waals surface area contributed by atoms with Crippen molar-refractivity contribution >= 4 is 8.80 Å². The highest BCUT2D eigenvalue weighted by molar-refractivity contribution is 6.60. The van der Waals surface area contributed by atoms with Gasteiger partial charge in [0.05, 0.1) is 0 Å². The molecule has 0 bridgehead atoms. The first-order valence-electron chi connectivity index (χ1n) is 7.12. The molecule has 0 aliphatic rings. The highest BCUT2D eigenvalue weighted by Crippen LogP contribution is 2.19. The minimum Gasteiger partial charge on any atom is -0.374 e. The molecule has 106 valence electrons. The molecule has 0 saturated carbocycles. The van der Waals surface area contributed by atoms with Crippen molar-refractivity contribution in [1.29, 1.82) is 0 Å². The van der Waals surface area contributed by atoms with E-state index in [4.69, 9.17) is 13.3 Å². The molecule has 0 aromatic heterocycles. The summed E-state index contributed by atoms with van der Waals surface area (Å²) in [7, 11) is -2.41. The van der Waals surface area contributed by atoms with Gasteiger partial charge in [0.2, 0.25) is 0 Å². The van der Waals surface area contributed by atoms with Crippen molar-refractivity contribution in [3.63, 3.8) is 0 Å². The molecule has 0 fully saturated rings. The predicted octanol–water partition coefficient (Wildman–Crippen LogP) is 3.62. The molecule has 0 heterocycles. The van der Waals surface area contributed by atoms with E-state index in [0.29, 0.717) is 19.8 Å². The second-order valence-corrected chi connectivity index (χ2v) is 6.63. The fraction of sp³-hybridized carbons (Fsp3) is 0.857. The zero-order chi connectivity index (χ0) is 13.7. The Morgan fingerprint density at radius 3 is 1.78 bits per heavy atom. The zero-order valence-corrected chi connectivity index (χ0v) is 13.4. The van der Waals surface area contributed by atoms with E-state index in [0.717, 1.165) is 31.7 Å². The molecule has 0 unspecified atom stereocenters. The van der Waals surface area contributed by atoms with Gasteiger partial charge in [-0.25, -0.2) is 0 Å². The first kappa shape index (κ1) is 17.7. The van der Waals surface area contributed by atoms with Crippen LogP contribution >= 0.6 is 0 Å². The fourth-order valence-corrected chi connectivity index (χ4v) is 4.46. The Labute approximate surface area is 114 Å². The molecule has 0 rings (SSSR count).